The fraction of sp³-hybridized carbons (Fsp3) is 0.444. The van der Waals surface area contributed by atoms with Crippen molar-refractivity contribution in [2.75, 3.05) is 6.54 Å². The molecular formula is C18H19BrN2O2. The highest BCUT2D eigenvalue weighted by Crippen LogP contribution is 2.40. The average Bonchev–Trinajstić information content (AvgIpc) is 3.33. The first-order valence-corrected chi connectivity index (χ1v) is 8.95. The van der Waals surface area contributed by atoms with Crippen molar-refractivity contribution in [3.8, 4) is 0 Å². The Morgan fingerprint density at radius 2 is 2.22 bits per heavy atom. The van der Waals surface area contributed by atoms with E-state index in [0.717, 1.165) is 48.3 Å². The summed E-state index contributed by atoms with van der Waals surface area (Å²) in [4.78, 5) is 19.2. The second-order valence-electron chi connectivity index (χ2n) is 6.45. The molecule has 4 rings (SSSR count). The van der Waals surface area contributed by atoms with Crippen molar-refractivity contribution < 1.29 is 9.21 Å². The van der Waals surface area contributed by atoms with E-state index in [1.807, 2.05) is 17.9 Å². The number of benzene rings is 1. The molecule has 2 heterocycles. The second-order valence-corrected chi connectivity index (χ2v) is 7.30. The Hall–Kier alpha value is -1.62. The summed E-state index contributed by atoms with van der Waals surface area (Å²) in [6.45, 7) is 3.25. The smallest absolute Gasteiger partial charge is 0.291 e. The first-order valence-electron chi connectivity index (χ1n) is 8.16. The van der Waals surface area contributed by atoms with Crippen LogP contribution in [-0.4, -0.2) is 22.3 Å². The van der Waals surface area contributed by atoms with Gasteiger partial charge in [-0.25, -0.2) is 4.98 Å². The van der Waals surface area contributed by atoms with E-state index in [0.29, 0.717) is 18.2 Å². The average molecular weight is 375 g/mol. The number of nitrogens with zero attached hydrogens (tertiary/aromatic N) is 2. The summed E-state index contributed by atoms with van der Waals surface area (Å²) in [5.41, 5.74) is 3.25. The lowest BCUT2D eigenvalue weighted by Crippen LogP contribution is -2.30. The molecule has 1 aliphatic heterocycles. The third-order valence-corrected chi connectivity index (χ3v) is 5.40. The molecule has 4 nitrogen and oxygen atoms in total. The Balaban J connectivity index is 1.61. The fourth-order valence-electron chi connectivity index (χ4n) is 3.20. The first kappa shape index (κ1) is 14.9. The predicted molar refractivity (Wildman–Crippen MR) is 90.4 cm³/mol. The fourth-order valence-corrected chi connectivity index (χ4v) is 3.81. The summed E-state index contributed by atoms with van der Waals surface area (Å²) < 4.78 is 6.93. The van der Waals surface area contributed by atoms with Gasteiger partial charge in [-0.1, -0.05) is 28.1 Å². The Labute approximate surface area is 144 Å². The van der Waals surface area contributed by atoms with Gasteiger partial charge in [0.1, 0.15) is 0 Å². The van der Waals surface area contributed by atoms with Gasteiger partial charge >= 0.3 is 0 Å². The van der Waals surface area contributed by atoms with Gasteiger partial charge in [-0.2, -0.15) is 0 Å². The van der Waals surface area contributed by atoms with Crippen molar-refractivity contribution in [3.63, 3.8) is 0 Å². The third kappa shape index (κ3) is 2.82. The molecule has 0 atom stereocenters. The number of oxazole rings is 1. The zero-order chi connectivity index (χ0) is 16.0. The van der Waals surface area contributed by atoms with Gasteiger partial charge in [0.2, 0.25) is 5.76 Å². The van der Waals surface area contributed by atoms with Crippen molar-refractivity contribution in [1.29, 1.82) is 0 Å². The SMILES string of the molecule is Cc1nc(C2CC2)oc1C(=O)N1CCCc2c(Br)cccc2C1. The number of hydrogen-bond donors (Lipinski definition) is 0. The molecule has 1 saturated carbocycles. The van der Waals surface area contributed by atoms with Gasteiger partial charge in [0, 0.05) is 23.5 Å². The maximum Gasteiger partial charge on any atom is 0.291 e. The zero-order valence-electron chi connectivity index (χ0n) is 13.1. The Kier molecular flexibility index (Phi) is 3.76. The highest BCUT2D eigenvalue weighted by atomic mass is 79.9. The number of aryl methyl sites for hydroxylation is 1. The van der Waals surface area contributed by atoms with Crippen LogP contribution in [0.1, 0.15) is 58.4 Å². The van der Waals surface area contributed by atoms with Gasteiger partial charge in [0.25, 0.3) is 5.91 Å². The van der Waals surface area contributed by atoms with Crippen molar-refractivity contribution in [1.82, 2.24) is 9.88 Å². The van der Waals surface area contributed by atoms with E-state index in [-0.39, 0.29) is 5.91 Å². The Bertz CT molecular complexity index is 764. The molecule has 0 spiro atoms. The van der Waals surface area contributed by atoms with Gasteiger partial charge in [-0.15, -0.1) is 0 Å². The van der Waals surface area contributed by atoms with Crippen LogP contribution in [0.2, 0.25) is 0 Å². The predicted octanol–water partition coefficient (Wildman–Crippen LogP) is 4.21. The van der Waals surface area contributed by atoms with Crippen molar-refractivity contribution >= 4 is 21.8 Å². The monoisotopic (exact) mass is 374 g/mol. The number of halogens is 1. The van der Waals surface area contributed by atoms with Crippen molar-refractivity contribution in [2.45, 2.75) is 45.1 Å². The lowest BCUT2D eigenvalue weighted by molar-refractivity contribution is 0.0710. The van der Waals surface area contributed by atoms with Crippen LogP contribution < -0.4 is 0 Å². The maximum absolute atomic E-state index is 12.9. The number of carbonyl (C=O) groups is 1. The van der Waals surface area contributed by atoms with Crippen LogP contribution in [0.15, 0.2) is 27.1 Å². The number of amides is 1. The molecule has 2 aliphatic rings. The standard InChI is InChI=1S/C18H19BrN2O2/c1-11-16(23-17(20-11)12-7-8-12)18(22)21-9-3-5-14-13(10-21)4-2-6-15(14)19/h2,4,6,12H,3,5,7-10H2,1H3. The Morgan fingerprint density at radius 1 is 1.39 bits per heavy atom. The molecule has 0 bridgehead atoms. The van der Waals surface area contributed by atoms with E-state index in [2.05, 4.69) is 33.0 Å². The lowest BCUT2D eigenvalue weighted by Gasteiger charge is -2.20. The molecule has 23 heavy (non-hydrogen) atoms. The number of fused-ring (bicyclic) bond motifs is 1. The van der Waals surface area contributed by atoms with Gasteiger partial charge in [-0.3, -0.25) is 4.79 Å². The number of carbonyl (C=O) groups excluding carboxylic acids is 1. The molecule has 2 aromatic rings. The lowest BCUT2D eigenvalue weighted by atomic mass is 10.0. The molecule has 0 N–H and O–H groups in total. The molecule has 5 heteroatoms. The molecule has 120 valence electrons. The van der Waals surface area contributed by atoms with Crippen LogP contribution in [0, 0.1) is 6.92 Å². The van der Waals surface area contributed by atoms with Gasteiger partial charge in [0.05, 0.1) is 5.69 Å². The minimum atomic E-state index is -0.0327. The van der Waals surface area contributed by atoms with Gasteiger partial charge in [0.15, 0.2) is 5.89 Å². The van der Waals surface area contributed by atoms with Gasteiger partial charge < -0.3 is 9.32 Å². The minimum absolute atomic E-state index is 0.0327. The van der Waals surface area contributed by atoms with Crippen molar-refractivity contribution in [2.24, 2.45) is 0 Å². The third-order valence-electron chi connectivity index (χ3n) is 4.65. The topological polar surface area (TPSA) is 46.3 Å². The summed E-state index contributed by atoms with van der Waals surface area (Å²) in [6.07, 6.45) is 4.20. The van der Waals surface area contributed by atoms with Crippen LogP contribution in [-0.2, 0) is 13.0 Å². The molecule has 0 radical (unpaired) electrons. The van der Waals surface area contributed by atoms with Crippen LogP contribution in [0.3, 0.4) is 0 Å². The molecule has 0 unspecified atom stereocenters. The Morgan fingerprint density at radius 3 is 3.00 bits per heavy atom. The first-order chi connectivity index (χ1) is 11.1. The second kappa shape index (κ2) is 5.78. The quantitative estimate of drug-likeness (QED) is 0.790. The zero-order valence-corrected chi connectivity index (χ0v) is 14.7. The summed E-state index contributed by atoms with van der Waals surface area (Å²) in [5.74, 6) is 1.56. The molecule has 1 aromatic carbocycles. The van der Waals surface area contributed by atoms with Crippen LogP contribution >= 0.6 is 15.9 Å². The summed E-state index contributed by atoms with van der Waals surface area (Å²) in [7, 11) is 0. The minimum Gasteiger partial charge on any atom is -0.435 e. The van der Waals surface area contributed by atoms with Crippen LogP contribution in [0.4, 0.5) is 0 Å². The molecular weight excluding hydrogens is 356 g/mol. The van der Waals surface area contributed by atoms with E-state index >= 15 is 0 Å². The largest absolute Gasteiger partial charge is 0.435 e. The highest BCUT2D eigenvalue weighted by Gasteiger charge is 2.32. The highest BCUT2D eigenvalue weighted by molar-refractivity contribution is 9.10. The number of aromatic nitrogens is 1. The van der Waals surface area contributed by atoms with Crippen molar-refractivity contribution in [3.05, 3.63) is 51.1 Å². The summed E-state index contributed by atoms with van der Waals surface area (Å²) >= 11 is 3.62. The van der Waals surface area contributed by atoms with Crippen LogP contribution in [0.25, 0.3) is 0 Å². The van der Waals surface area contributed by atoms with E-state index < -0.39 is 0 Å². The number of hydrogen-bond acceptors (Lipinski definition) is 3. The molecule has 1 fully saturated rings. The van der Waals surface area contributed by atoms with E-state index in [1.54, 1.807) is 0 Å². The van der Waals surface area contributed by atoms with Crippen LogP contribution in [0.5, 0.6) is 0 Å². The van der Waals surface area contributed by atoms with E-state index in [4.69, 9.17) is 4.42 Å². The van der Waals surface area contributed by atoms with Gasteiger partial charge in [-0.05, 0) is 49.8 Å². The molecule has 1 aliphatic carbocycles. The van der Waals surface area contributed by atoms with E-state index in [1.165, 1.54) is 11.1 Å². The molecule has 1 aromatic heterocycles. The molecule has 0 saturated heterocycles. The van der Waals surface area contributed by atoms with E-state index in [9.17, 15) is 4.79 Å². The normalized spacial score (nSPS) is 17.7. The molecule has 1 amide bonds. The summed E-state index contributed by atoms with van der Waals surface area (Å²) in [5, 5.41) is 0. The number of rotatable bonds is 2. The maximum atomic E-state index is 12.9. The summed E-state index contributed by atoms with van der Waals surface area (Å²) in [6, 6.07) is 6.20.